The van der Waals surface area contributed by atoms with Crippen LogP contribution in [0.3, 0.4) is 0 Å². The van der Waals surface area contributed by atoms with Crippen LogP contribution < -0.4 is 15.8 Å². The van der Waals surface area contributed by atoms with E-state index in [1.807, 2.05) is 0 Å². The predicted molar refractivity (Wildman–Crippen MR) is 87.5 cm³/mol. The number of amides is 2. The third-order valence-corrected chi connectivity index (χ3v) is 3.37. The molecule has 0 aliphatic rings. The van der Waals surface area contributed by atoms with Gasteiger partial charge < -0.3 is 14.9 Å². The van der Waals surface area contributed by atoms with E-state index < -0.39 is 11.8 Å². The van der Waals surface area contributed by atoms with Gasteiger partial charge in [0.25, 0.3) is 11.8 Å². The van der Waals surface area contributed by atoms with E-state index in [9.17, 15) is 14.4 Å². The van der Waals surface area contributed by atoms with Crippen LogP contribution >= 0.6 is 11.6 Å². The molecule has 0 aliphatic carbocycles. The smallest absolute Gasteiger partial charge is 0.264 e. The lowest BCUT2D eigenvalue weighted by atomic mass is 10.1. The van der Waals surface area contributed by atoms with Crippen LogP contribution in [0.25, 0.3) is 0 Å². The first-order valence-corrected chi connectivity index (χ1v) is 7.29. The number of furan rings is 1. The van der Waals surface area contributed by atoms with Gasteiger partial charge in [-0.15, -0.1) is 0 Å². The van der Waals surface area contributed by atoms with E-state index >= 15 is 0 Å². The van der Waals surface area contributed by atoms with Gasteiger partial charge >= 0.3 is 0 Å². The fourth-order valence-corrected chi connectivity index (χ4v) is 2.26. The molecule has 2 amide bonds. The lowest BCUT2D eigenvalue weighted by Crippen LogP contribution is -2.23. The van der Waals surface area contributed by atoms with Gasteiger partial charge in [-0.05, 0) is 38.1 Å². The van der Waals surface area contributed by atoms with E-state index in [1.54, 1.807) is 24.3 Å². The van der Waals surface area contributed by atoms with Crippen molar-refractivity contribution in [3.63, 3.8) is 0 Å². The normalized spacial score (nSPS) is 10.3. The maximum absolute atomic E-state index is 12.0. The Morgan fingerprint density at radius 3 is 2.38 bits per heavy atom. The summed E-state index contributed by atoms with van der Waals surface area (Å²) in [6.07, 6.45) is 0. The van der Waals surface area contributed by atoms with E-state index in [1.165, 1.54) is 13.8 Å². The highest BCUT2D eigenvalue weighted by Crippen LogP contribution is 2.27. The number of halogens is 1. The van der Waals surface area contributed by atoms with Crippen molar-refractivity contribution in [1.29, 1.82) is 0 Å². The van der Waals surface area contributed by atoms with Gasteiger partial charge in [-0.3, -0.25) is 19.7 Å². The van der Waals surface area contributed by atoms with Crippen molar-refractivity contribution in [3.05, 3.63) is 46.2 Å². The molecule has 1 aromatic carbocycles. The van der Waals surface area contributed by atoms with Crippen molar-refractivity contribution < 1.29 is 23.5 Å². The number of carbonyl (C=O) groups is 3. The minimum atomic E-state index is -0.869. The Hall–Kier alpha value is -2.80. The number of Topliss-reactive ketones (excluding diaryl/α,β-unsaturated/α-hetero) is 1. The van der Waals surface area contributed by atoms with Gasteiger partial charge in [0.05, 0.1) is 5.56 Å². The second-order valence-corrected chi connectivity index (χ2v) is 5.39. The number of ether oxygens (including phenoxy) is 1. The molecule has 0 unspecified atom stereocenters. The van der Waals surface area contributed by atoms with Gasteiger partial charge in [0.1, 0.15) is 17.1 Å². The predicted octanol–water partition coefficient (Wildman–Crippen LogP) is 2.56. The van der Waals surface area contributed by atoms with Crippen LogP contribution in [0.15, 0.2) is 28.7 Å². The highest BCUT2D eigenvalue weighted by atomic mass is 35.5. The number of aryl methyl sites for hydroxylation is 1. The Labute approximate surface area is 142 Å². The third kappa shape index (κ3) is 3.94. The Kier molecular flexibility index (Phi) is 5.25. The van der Waals surface area contributed by atoms with Crippen LogP contribution in [0.5, 0.6) is 5.75 Å². The molecule has 8 heteroatoms. The van der Waals surface area contributed by atoms with Crippen molar-refractivity contribution in [1.82, 2.24) is 0 Å². The number of rotatable bonds is 6. The van der Waals surface area contributed by atoms with Crippen LogP contribution in [0.1, 0.15) is 33.4 Å². The number of primary amides is 1. The maximum atomic E-state index is 12.0. The van der Waals surface area contributed by atoms with Crippen molar-refractivity contribution in [2.45, 2.75) is 13.8 Å². The minimum Gasteiger partial charge on any atom is -0.484 e. The lowest BCUT2D eigenvalue weighted by molar-refractivity contribution is -0.118. The molecule has 3 N–H and O–H groups in total. The minimum absolute atomic E-state index is 0.0522. The number of benzene rings is 1. The van der Waals surface area contributed by atoms with E-state index in [2.05, 4.69) is 5.32 Å². The van der Waals surface area contributed by atoms with Crippen molar-refractivity contribution >= 4 is 35.1 Å². The van der Waals surface area contributed by atoms with Crippen LogP contribution in [0.2, 0.25) is 5.02 Å². The summed E-state index contributed by atoms with van der Waals surface area (Å²) in [5.74, 6) is -1.35. The summed E-state index contributed by atoms with van der Waals surface area (Å²) in [7, 11) is 0. The fraction of sp³-hybridized carbons (Fsp3) is 0.188. The summed E-state index contributed by atoms with van der Waals surface area (Å²) < 4.78 is 10.6. The highest BCUT2D eigenvalue weighted by Gasteiger charge is 2.26. The zero-order chi connectivity index (χ0) is 17.9. The molecule has 24 heavy (non-hydrogen) atoms. The van der Waals surface area contributed by atoms with E-state index in [0.29, 0.717) is 10.8 Å². The molecule has 0 radical (unpaired) electrons. The molecule has 1 heterocycles. The molecule has 0 aliphatic heterocycles. The quantitative estimate of drug-likeness (QED) is 0.777. The fourth-order valence-electron chi connectivity index (χ4n) is 2.13. The Bertz CT molecular complexity index is 796. The highest BCUT2D eigenvalue weighted by molar-refractivity contribution is 6.30. The van der Waals surface area contributed by atoms with Crippen molar-refractivity contribution in [3.8, 4) is 5.75 Å². The van der Waals surface area contributed by atoms with Crippen LogP contribution in [0, 0.1) is 6.92 Å². The van der Waals surface area contributed by atoms with Crippen LogP contribution in [-0.2, 0) is 4.79 Å². The summed E-state index contributed by atoms with van der Waals surface area (Å²) >= 11 is 5.75. The number of carbonyl (C=O) groups excluding carboxylic acids is 3. The number of nitrogens with one attached hydrogen (secondary N) is 1. The Balaban J connectivity index is 2.11. The first-order valence-electron chi connectivity index (χ1n) is 6.92. The molecule has 0 fully saturated rings. The van der Waals surface area contributed by atoms with Gasteiger partial charge in [0.2, 0.25) is 5.88 Å². The molecule has 0 saturated heterocycles. The summed E-state index contributed by atoms with van der Waals surface area (Å²) in [6.45, 7) is 2.46. The SMILES string of the molecule is CC(=O)c1c(C)oc(NC(=O)COc2ccc(Cl)cc2)c1C(N)=O. The van der Waals surface area contributed by atoms with Crippen molar-refractivity contribution in [2.24, 2.45) is 5.73 Å². The molecule has 2 rings (SSSR count). The lowest BCUT2D eigenvalue weighted by Gasteiger charge is -2.07. The number of hydrogen-bond acceptors (Lipinski definition) is 5. The van der Waals surface area contributed by atoms with Gasteiger partial charge in [0.15, 0.2) is 12.4 Å². The molecule has 126 valence electrons. The number of anilines is 1. The molecule has 1 aromatic heterocycles. The van der Waals surface area contributed by atoms with Crippen LogP contribution in [-0.4, -0.2) is 24.2 Å². The van der Waals surface area contributed by atoms with Gasteiger partial charge in [-0.25, -0.2) is 0 Å². The first-order chi connectivity index (χ1) is 11.3. The molecule has 2 aromatic rings. The summed E-state index contributed by atoms with van der Waals surface area (Å²) in [5, 5.41) is 2.92. The molecule has 0 atom stereocenters. The summed E-state index contributed by atoms with van der Waals surface area (Å²) in [6, 6.07) is 6.45. The molecule has 0 saturated carbocycles. The molecular formula is C16H15ClN2O5. The number of ketones is 1. The molecule has 0 spiro atoms. The maximum Gasteiger partial charge on any atom is 0.264 e. The second-order valence-electron chi connectivity index (χ2n) is 4.95. The average molecular weight is 351 g/mol. The largest absolute Gasteiger partial charge is 0.484 e. The van der Waals surface area contributed by atoms with Gasteiger partial charge in [-0.1, -0.05) is 11.6 Å². The average Bonchev–Trinajstić information content (AvgIpc) is 2.83. The zero-order valence-corrected chi connectivity index (χ0v) is 13.8. The Morgan fingerprint density at radius 1 is 1.21 bits per heavy atom. The van der Waals surface area contributed by atoms with Crippen LogP contribution in [0.4, 0.5) is 5.88 Å². The standard InChI is InChI=1S/C16H15ClN2O5/c1-8(20)13-9(2)24-16(14(13)15(18)22)19-12(21)7-23-11-5-3-10(17)4-6-11/h3-6H,7H2,1-2H3,(H2,18,22)(H,19,21). The zero-order valence-electron chi connectivity index (χ0n) is 13.0. The van der Waals surface area contributed by atoms with E-state index in [-0.39, 0.29) is 35.2 Å². The van der Waals surface area contributed by atoms with E-state index in [4.69, 9.17) is 26.5 Å². The monoisotopic (exact) mass is 350 g/mol. The number of nitrogens with two attached hydrogens (primary N) is 1. The van der Waals surface area contributed by atoms with Crippen molar-refractivity contribution in [2.75, 3.05) is 11.9 Å². The first kappa shape index (κ1) is 17.6. The third-order valence-electron chi connectivity index (χ3n) is 3.12. The van der Waals surface area contributed by atoms with Gasteiger partial charge in [-0.2, -0.15) is 0 Å². The molecule has 0 bridgehead atoms. The van der Waals surface area contributed by atoms with E-state index in [0.717, 1.165) is 0 Å². The topological polar surface area (TPSA) is 112 Å². The summed E-state index contributed by atoms with van der Waals surface area (Å²) in [5.41, 5.74) is 5.17. The summed E-state index contributed by atoms with van der Waals surface area (Å²) in [4.78, 5) is 35.1. The molecular weight excluding hydrogens is 336 g/mol. The Morgan fingerprint density at radius 2 is 1.83 bits per heavy atom. The molecule has 7 nitrogen and oxygen atoms in total. The second kappa shape index (κ2) is 7.18. The van der Waals surface area contributed by atoms with Gasteiger partial charge in [0, 0.05) is 5.02 Å². The number of hydrogen-bond donors (Lipinski definition) is 2.